The summed E-state index contributed by atoms with van der Waals surface area (Å²) in [6, 6.07) is 3.31. The molecule has 0 aromatic carbocycles. The molecule has 1 rings (SSSR count). The van der Waals surface area contributed by atoms with Crippen molar-refractivity contribution in [3.8, 4) is 5.75 Å². The standard InChI is InChI=1S/C9H17NO5.C6H7NO/c1-9(2,5-11)7(14)8(15)10-4-3-6(12)13;1-5-6(8)3-2-4-7-5/h7,11,14H,3-5H2,1-2H3,(H,10,15)(H,12,13);2-4,8H,1H3. The zero-order valence-electron chi connectivity index (χ0n) is 13.5. The van der Waals surface area contributed by atoms with Gasteiger partial charge in [0.25, 0.3) is 0 Å². The highest BCUT2D eigenvalue weighted by atomic mass is 16.4. The van der Waals surface area contributed by atoms with Crippen molar-refractivity contribution < 1.29 is 30.0 Å². The Hall–Kier alpha value is -2.19. The van der Waals surface area contributed by atoms with E-state index < -0.39 is 23.4 Å². The van der Waals surface area contributed by atoms with E-state index >= 15 is 0 Å². The van der Waals surface area contributed by atoms with E-state index in [4.69, 9.17) is 15.3 Å². The SMILES string of the molecule is CC(C)(CO)C(O)C(=O)NCCC(=O)O.Cc1ncccc1O. The van der Waals surface area contributed by atoms with Crippen molar-refractivity contribution in [2.75, 3.05) is 13.2 Å². The smallest absolute Gasteiger partial charge is 0.305 e. The van der Waals surface area contributed by atoms with Gasteiger partial charge in [0.1, 0.15) is 11.9 Å². The quantitative estimate of drug-likeness (QED) is 0.497. The maximum Gasteiger partial charge on any atom is 0.305 e. The van der Waals surface area contributed by atoms with Gasteiger partial charge >= 0.3 is 5.97 Å². The van der Waals surface area contributed by atoms with Crippen LogP contribution < -0.4 is 5.32 Å². The Morgan fingerprint density at radius 2 is 2.00 bits per heavy atom. The third-order valence-corrected chi connectivity index (χ3v) is 3.01. The second kappa shape index (κ2) is 9.75. The molecule has 0 fully saturated rings. The second-order valence-electron chi connectivity index (χ2n) is 5.59. The van der Waals surface area contributed by atoms with Gasteiger partial charge in [0, 0.05) is 18.2 Å². The maximum absolute atomic E-state index is 11.3. The van der Waals surface area contributed by atoms with E-state index in [1.54, 1.807) is 25.3 Å². The van der Waals surface area contributed by atoms with Crippen LogP contribution in [0.25, 0.3) is 0 Å². The van der Waals surface area contributed by atoms with Crippen molar-refractivity contribution >= 4 is 11.9 Å². The summed E-state index contributed by atoms with van der Waals surface area (Å²) in [4.78, 5) is 25.2. The van der Waals surface area contributed by atoms with Crippen molar-refractivity contribution in [1.82, 2.24) is 10.3 Å². The minimum absolute atomic E-state index is 0.0350. The molecule has 5 N–H and O–H groups in total. The number of carboxylic acids is 1. The molecule has 0 spiro atoms. The molecule has 0 saturated carbocycles. The second-order valence-corrected chi connectivity index (χ2v) is 5.59. The van der Waals surface area contributed by atoms with Gasteiger partial charge in [-0.15, -0.1) is 0 Å². The van der Waals surface area contributed by atoms with Gasteiger partial charge in [-0.25, -0.2) is 0 Å². The molecule has 8 nitrogen and oxygen atoms in total. The first kappa shape index (κ1) is 20.8. The molecular formula is C15H24N2O6. The van der Waals surface area contributed by atoms with Gasteiger partial charge in [0.2, 0.25) is 5.91 Å². The predicted octanol–water partition coefficient (Wildman–Crippen LogP) is 0.0523. The van der Waals surface area contributed by atoms with Crippen LogP contribution in [0.15, 0.2) is 18.3 Å². The fourth-order valence-electron chi connectivity index (χ4n) is 1.31. The summed E-state index contributed by atoms with van der Waals surface area (Å²) in [5.41, 5.74) is -0.264. The molecule has 1 aromatic rings. The summed E-state index contributed by atoms with van der Waals surface area (Å²) >= 11 is 0. The normalized spacial score (nSPS) is 11.9. The van der Waals surface area contributed by atoms with Crippen molar-refractivity contribution in [3.05, 3.63) is 24.0 Å². The number of carboxylic acid groups (broad SMARTS) is 1. The van der Waals surface area contributed by atoms with Gasteiger partial charge in [0.05, 0.1) is 18.7 Å². The van der Waals surface area contributed by atoms with Crippen LogP contribution in [0.3, 0.4) is 0 Å². The third-order valence-electron chi connectivity index (χ3n) is 3.01. The Balaban J connectivity index is 0.000000502. The number of nitrogens with one attached hydrogen (secondary N) is 1. The number of aryl methyl sites for hydroxylation is 1. The molecule has 0 aliphatic carbocycles. The Morgan fingerprint density at radius 3 is 2.39 bits per heavy atom. The lowest BCUT2D eigenvalue weighted by Crippen LogP contribution is -2.45. The van der Waals surface area contributed by atoms with Crippen LogP contribution in [-0.4, -0.2) is 56.5 Å². The van der Waals surface area contributed by atoms with Crippen LogP contribution in [0, 0.1) is 12.3 Å². The number of amides is 1. The van der Waals surface area contributed by atoms with E-state index in [0.29, 0.717) is 5.69 Å². The fraction of sp³-hybridized carbons (Fsp3) is 0.533. The van der Waals surface area contributed by atoms with Gasteiger partial charge < -0.3 is 25.7 Å². The van der Waals surface area contributed by atoms with Crippen LogP contribution in [0.1, 0.15) is 26.0 Å². The molecular weight excluding hydrogens is 304 g/mol. The number of aromatic hydroxyl groups is 1. The highest BCUT2D eigenvalue weighted by Crippen LogP contribution is 2.19. The molecule has 0 aliphatic heterocycles. The Labute approximate surface area is 134 Å². The molecule has 0 bridgehead atoms. The number of hydrogen-bond donors (Lipinski definition) is 5. The number of rotatable bonds is 6. The lowest BCUT2D eigenvalue weighted by Gasteiger charge is -2.26. The molecule has 0 aliphatic rings. The molecule has 1 aromatic heterocycles. The Bertz CT molecular complexity index is 497. The number of aliphatic carboxylic acids is 1. The summed E-state index contributed by atoms with van der Waals surface area (Å²) in [6.45, 7) is 4.46. The molecule has 8 heteroatoms. The Kier molecular flexibility index (Phi) is 8.82. The molecule has 1 unspecified atom stereocenters. The number of nitrogens with zero attached hydrogens (tertiary/aromatic N) is 1. The van der Waals surface area contributed by atoms with E-state index in [2.05, 4.69) is 10.3 Å². The summed E-state index contributed by atoms with van der Waals surface area (Å²) in [5.74, 6) is -1.44. The first-order chi connectivity index (χ1) is 10.6. The van der Waals surface area contributed by atoms with E-state index in [9.17, 15) is 14.7 Å². The Morgan fingerprint density at radius 1 is 1.39 bits per heavy atom. The molecule has 0 radical (unpaired) electrons. The van der Waals surface area contributed by atoms with Crippen LogP contribution in [0.5, 0.6) is 5.75 Å². The number of carbonyl (C=O) groups is 2. The minimum atomic E-state index is -1.35. The average molecular weight is 328 g/mol. The summed E-state index contributed by atoms with van der Waals surface area (Å²) in [5, 5.41) is 37.8. The van der Waals surface area contributed by atoms with Gasteiger partial charge in [-0.2, -0.15) is 0 Å². The maximum atomic E-state index is 11.3. The van der Waals surface area contributed by atoms with Gasteiger partial charge in [-0.05, 0) is 19.1 Å². The number of carbonyl (C=O) groups excluding carboxylic acids is 1. The lowest BCUT2D eigenvalue weighted by molar-refractivity contribution is -0.138. The van der Waals surface area contributed by atoms with Crippen molar-refractivity contribution in [1.29, 1.82) is 0 Å². The summed E-state index contributed by atoms with van der Waals surface area (Å²) in [6.07, 6.45) is 0.101. The highest BCUT2D eigenvalue weighted by molar-refractivity contribution is 5.81. The van der Waals surface area contributed by atoms with Gasteiger partial charge in [-0.1, -0.05) is 13.8 Å². The van der Waals surface area contributed by atoms with Crippen LogP contribution in [0.4, 0.5) is 0 Å². The molecule has 0 saturated heterocycles. The molecule has 1 amide bonds. The van der Waals surface area contributed by atoms with E-state index in [1.807, 2.05) is 0 Å². The van der Waals surface area contributed by atoms with Crippen molar-refractivity contribution in [2.45, 2.75) is 33.3 Å². The van der Waals surface area contributed by atoms with Crippen LogP contribution >= 0.6 is 0 Å². The number of pyridine rings is 1. The van der Waals surface area contributed by atoms with Crippen LogP contribution in [0.2, 0.25) is 0 Å². The summed E-state index contributed by atoms with van der Waals surface area (Å²) < 4.78 is 0. The molecule has 1 atom stereocenters. The van der Waals surface area contributed by atoms with E-state index in [0.717, 1.165) is 0 Å². The number of aromatic nitrogens is 1. The monoisotopic (exact) mass is 328 g/mol. The number of hydrogen-bond acceptors (Lipinski definition) is 6. The lowest BCUT2D eigenvalue weighted by atomic mass is 9.87. The number of aliphatic hydroxyl groups excluding tert-OH is 2. The zero-order chi connectivity index (χ0) is 18.0. The minimum Gasteiger partial charge on any atom is -0.506 e. The van der Waals surface area contributed by atoms with Crippen molar-refractivity contribution in [2.24, 2.45) is 5.41 Å². The van der Waals surface area contributed by atoms with Gasteiger partial charge in [-0.3, -0.25) is 14.6 Å². The van der Waals surface area contributed by atoms with Crippen LogP contribution in [-0.2, 0) is 9.59 Å². The van der Waals surface area contributed by atoms with E-state index in [-0.39, 0.29) is 25.3 Å². The first-order valence-corrected chi connectivity index (χ1v) is 7.01. The zero-order valence-corrected chi connectivity index (χ0v) is 13.5. The van der Waals surface area contributed by atoms with Crippen molar-refractivity contribution in [3.63, 3.8) is 0 Å². The predicted molar refractivity (Wildman–Crippen MR) is 82.8 cm³/mol. The first-order valence-electron chi connectivity index (χ1n) is 7.01. The molecule has 1 heterocycles. The largest absolute Gasteiger partial charge is 0.506 e. The average Bonchev–Trinajstić information content (AvgIpc) is 2.49. The topological polar surface area (TPSA) is 140 Å². The number of aliphatic hydroxyl groups is 2. The molecule has 23 heavy (non-hydrogen) atoms. The van der Waals surface area contributed by atoms with E-state index in [1.165, 1.54) is 13.8 Å². The third kappa shape index (κ3) is 8.12. The molecule has 130 valence electrons. The van der Waals surface area contributed by atoms with Gasteiger partial charge in [0.15, 0.2) is 0 Å². The highest BCUT2D eigenvalue weighted by Gasteiger charge is 2.32. The summed E-state index contributed by atoms with van der Waals surface area (Å²) in [7, 11) is 0. The fourth-order valence-corrected chi connectivity index (χ4v) is 1.31.